The van der Waals surface area contributed by atoms with E-state index in [4.69, 9.17) is 0 Å². The molecule has 0 radical (unpaired) electrons. The van der Waals surface area contributed by atoms with Crippen molar-refractivity contribution in [2.24, 2.45) is 5.92 Å². The minimum absolute atomic E-state index is 0.0709. The van der Waals surface area contributed by atoms with Crippen LogP contribution in [0.4, 0.5) is 0 Å². The molecule has 100 valence electrons. The maximum atomic E-state index is 11.8. The van der Waals surface area contributed by atoms with Crippen LogP contribution in [0.3, 0.4) is 0 Å². The average Bonchev–Trinajstić information content (AvgIpc) is 3.00. The van der Waals surface area contributed by atoms with E-state index in [0.29, 0.717) is 17.1 Å². The lowest BCUT2D eigenvalue weighted by Crippen LogP contribution is -2.32. The fourth-order valence-corrected chi connectivity index (χ4v) is 2.31. The van der Waals surface area contributed by atoms with Gasteiger partial charge in [0.1, 0.15) is 0 Å². The molecular weight excluding hydrogens is 250 g/mol. The number of rotatable bonds is 6. The highest BCUT2D eigenvalue weighted by molar-refractivity contribution is 8.00. The number of aromatic nitrogens is 4. The Hall–Kier alpha value is -1.11. The van der Waals surface area contributed by atoms with Crippen LogP contribution in [0, 0.1) is 5.92 Å². The summed E-state index contributed by atoms with van der Waals surface area (Å²) in [5.74, 6) is 0.546. The minimum atomic E-state index is -0.164. The first-order valence-corrected chi connectivity index (χ1v) is 7.17. The van der Waals surface area contributed by atoms with E-state index < -0.39 is 0 Å². The van der Waals surface area contributed by atoms with E-state index in [1.165, 1.54) is 11.8 Å². The van der Waals surface area contributed by atoms with Gasteiger partial charge < -0.3 is 5.32 Å². The molecule has 7 heteroatoms. The van der Waals surface area contributed by atoms with Crippen LogP contribution < -0.4 is 5.32 Å². The average molecular weight is 269 g/mol. The standard InChI is InChI=1S/C11H19N5OS/c1-7(2)6-16-11(13-14-15-16)18-8(3)10(17)12-9-4-5-9/h7-9H,4-6H2,1-3H3,(H,12,17). The SMILES string of the molecule is CC(C)Cn1nnnc1SC(C)C(=O)NC1CC1. The number of thioether (sulfide) groups is 1. The Kier molecular flexibility index (Phi) is 4.21. The van der Waals surface area contributed by atoms with Gasteiger partial charge in [-0.1, -0.05) is 25.6 Å². The monoisotopic (exact) mass is 269 g/mol. The molecule has 18 heavy (non-hydrogen) atoms. The van der Waals surface area contributed by atoms with Crippen molar-refractivity contribution in [3.05, 3.63) is 0 Å². The van der Waals surface area contributed by atoms with Gasteiger partial charge in [0.2, 0.25) is 11.1 Å². The Morgan fingerprint density at radius 1 is 1.50 bits per heavy atom. The third-order valence-electron chi connectivity index (χ3n) is 2.61. The fourth-order valence-electron chi connectivity index (χ4n) is 1.50. The molecule has 0 aromatic carbocycles. The van der Waals surface area contributed by atoms with E-state index in [1.807, 2.05) is 6.92 Å². The second-order valence-corrected chi connectivity index (χ2v) is 6.39. The van der Waals surface area contributed by atoms with Crippen LogP contribution in [-0.4, -0.2) is 37.4 Å². The van der Waals surface area contributed by atoms with Crippen molar-refractivity contribution in [2.45, 2.75) is 56.6 Å². The first-order valence-electron chi connectivity index (χ1n) is 6.29. The molecule has 1 N–H and O–H groups in total. The summed E-state index contributed by atoms with van der Waals surface area (Å²) in [5, 5.41) is 15.1. The Balaban J connectivity index is 1.91. The number of nitrogens with one attached hydrogen (secondary N) is 1. The molecule has 1 aromatic rings. The zero-order valence-electron chi connectivity index (χ0n) is 11.0. The molecule has 1 heterocycles. The van der Waals surface area contributed by atoms with Crippen LogP contribution in [0.25, 0.3) is 0 Å². The molecule has 1 amide bonds. The highest BCUT2D eigenvalue weighted by Crippen LogP contribution is 2.23. The van der Waals surface area contributed by atoms with Gasteiger partial charge in [0.15, 0.2) is 0 Å². The van der Waals surface area contributed by atoms with Crippen molar-refractivity contribution in [1.82, 2.24) is 25.5 Å². The summed E-state index contributed by atoms with van der Waals surface area (Å²) in [5.41, 5.74) is 0. The summed E-state index contributed by atoms with van der Waals surface area (Å²) in [6.45, 7) is 6.88. The van der Waals surface area contributed by atoms with Crippen molar-refractivity contribution >= 4 is 17.7 Å². The zero-order chi connectivity index (χ0) is 13.1. The highest BCUT2D eigenvalue weighted by Gasteiger charge is 2.26. The topological polar surface area (TPSA) is 72.7 Å². The van der Waals surface area contributed by atoms with E-state index in [1.54, 1.807) is 4.68 Å². The van der Waals surface area contributed by atoms with Gasteiger partial charge in [-0.2, -0.15) is 0 Å². The van der Waals surface area contributed by atoms with Gasteiger partial charge in [-0.3, -0.25) is 4.79 Å². The third kappa shape index (κ3) is 3.69. The van der Waals surface area contributed by atoms with Gasteiger partial charge >= 0.3 is 0 Å². The summed E-state index contributed by atoms with van der Waals surface area (Å²) in [6.07, 6.45) is 2.21. The minimum Gasteiger partial charge on any atom is -0.352 e. The highest BCUT2D eigenvalue weighted by atomic mass is 32.2. The van der Waals surface area contributed by atoms with E-state index in [0.717, 1.165) is 19.4 Å². The van der Waals surface area contributed by atoms with Gasteiger partial charge in [0.25, 0.3) is 0 Å². The summed E-state index contributed by atoms with van der Waals surface area (Å²) in [4.78, 5) is 11.8. The molecular formula is C11H19N5OS. The zero-order valence-corrected chi connectivity index (χ0v) is 11.8. The third-order valence-corrected chi connectivity index (χ3v) is 3.68. The normalized spacial score (nSPS) is 16.9. The number of nitrogens with zero attached hydrogens (tertiary/aromatic N) is 4. The molecule has 1 aliphatic carbocycles. The van der Waals surface area contributed by atoms with Crippen molar-refractivity contribution in [3.8, 4) is 0 Å². The molecule has 1 fully saturated rings. The Morgan fingerprint density at radius 2 is 2.22 bits per heavy atom. The molecule has 0 bridgehead atoms. The molecule has 6 nitrogen and oxygen atoms in total. The quantitative estimate of drug-likeness (QED) is 0.783. The second kappa shape index (κ2) is 5.69. The van der Waals surface area contributed by atoms with Crippen LogP contribution in [-0.2, 0) is 11.3 Å². The van der Waals surface area contributed by atoms with Crippen molar-refractivity contribution in [1.29, 1.82) is 0 Å². The summed E-state index contributed by atoms with van der Waals surface area (Å²) < 4.78 is 1.76. The predicted octanol–water partition coefficient (Wildman–Crippen LogP) is 1.09. The number of tetrazole rings is 1. The number of amides is 1. The van der Waals surface area contributed by atoms with E-state index in [-0.39, 0.29) is 11.2 Å². The van der Waals surface area contributed by atoms with Crippen LogP contribution >= 0.6 is 11.8 Å². The summed E-state index contributed by atoms with van der Waals surface area (Å²) in [7, 11) is 0. The van der Waals surface area contributed by atoms with Crippen LogP contribution in [0.2, 0.25) is 0 Å². The van der Waals surface area contributed by atoms with E-state index in [9.17, 15) is 4.79 Å². The molecule has 0 spiro atoms. The predicted molar refractivity (Wildman–Crippen MR) is 69.1 cm³/mol. The van der Waals surface area contributed by atoms with Gasteiger partial charge in [0.05, 0.1) is 5.25 Å². The Labute approximate surface area is 111 Å². The number of hydrogen-bond donors (Lipinski definition) is 1. The van der Waals surface area contributed by atoms with Gasteiger partial charge in [-0.25, -0.2) is 4.68 Å². The van der Waals surface area contributed by atoms with Gasteiger partial charge in [0, 0.05) is 12.6 Å². The van der Waals surface area contributed by atoms with Crippen molar-refractivity contribution in [3.63, 3.8) is 0 Å². The largest absolute Gasteiger partial charge is 0.352 e. The van der Waals surface area contributed by atoms with Gasteiger partial charge in [-0.15, -0.1) is 5.10 Å². The second-order valence-electron chi connectivity index (χ2n) is 5.08. The molecule has 0 saturated heterocycles. The number of carbonyl (C=O) groups is 1. The molecule has 1 atom stereocenters. The van der Waals surface area contributed by atoms with Crippen LogP contribution in [0.1, 0.15) is 33.6 Å². The molecule has 1 saturated carbocycles. The van der Waals surface area contributed by atoms with Crippen LogP contribution in [0.15, 0.2) is 5.16 Å². The first kappa shape index (κ1) is 13.3. The summed E-state index contributed by atoms with van der Waals surface area (Å²) >= 11 is 1.41. The lowest BCUT2D eigenvalue weighted by Gasteiger charge is -2.11. The van der Waals surface area contributed by atoms with Crippen molar-refractivity contribution < 1.29 is 4.79 Å². The van der Waals surface area contributed by atoms with Gasteiger partial charge in [-0.05, 0) is 36.1 Å². The van der Waals surface area contributed by atoms with Crippen molar-refractivity contribution in [2.75, 3.05) is 0 Å². The smallest absolute Gasteiger partial charge is 0.233 e. The van der Waals surface area contributed by atoms with Crippen LogP contribution in [0.5, 0.6) is 0 Å². The van der Waals surface area contributed by atoms with E-state index >= 15 is 0 Å². The molecule has 1 unspecified atom stereocenters. The van der Waals surface area contributed by atoms with E-state index in [2.05, 4.69) is 34.7 Å². The maximum Gasteiger partial charge on any atom is 0.233 e. The molecule has 2 rings (SSSR count). The lowest BCUT2D eigenvalue weighted by molar-refractivity contribution is -0.120. The molecule has 1 aliphatic rings. The number of hydrogen-bond acceptors (Lipinski definition) is 5. The Morgan fingerprint density at radius 3 is 2.83 bits per heavy atom. The molecule has 1 aromatic heterocycles. The lowest BCUT2D eigenvalue weighted by atomic mass is 10.2. The Bertz CT molecular complexity index is 415. The maximum absolute atomic E-state index is 11.8. The fraction of sp³-hybridized carbons (Fsp3) is 0.818. The molecule has 0 aliphatic heterocycles. The number of carbonyl (C=O) groups excluding carboxylic acids is 1. The summed E-state index contributed by atoms with van der Waals surface area (Å²) in [6, 6.07) is 0.396. The first-order chi connectivity index (χ1) is 8.56.